The van der Waals surface area contributed by atoms with Gasteiger partial charge in [-0.2, -0.15) is 0 Å². The summed E-state index contributed by atoms with van der Waals surface area (Å²) in [6.07, 6.45) is 0. The minimum absolute atomic E-state index is 0.140. The van der Waals surface area contributed by atoms with Crippen molar-refractivity contribution in [3.8, 4) is 11.5 Å². The number of sulfone groups is 1. The maximum absolute atomic E-state index is 12.9. The van der Waals surface area contributed by atoms with Gasteiger partial charge in [-0.15, -0.1) is 0 Å². The smallest absolute Gasteiger partial charge is 0.347 e. The summed E-state index contributed by atoms with van der Waals surface area (Å²) in [6, 6.07) is 30.2. The fourth-order valence-electron chi connectivity index (χ4n) is 4.12. The Bertz CT molecular complexity index is 1670. The van der Waals surface area contributed by atoms with Crippen LogP contribution in [0.25, 0.3) is 22.4 Å². The lowest BCUT2D eigenvalue weighted by Gasteiger charge is -2.26. The second-order valence-corrected chi connectivity index (χ2v) is 10.8. The number of nitrogens with zero attached hydrogens (tertiary/aromatic N) is 1. The molecule has 0 unspecified atom stereocenters. The van der Waals surface area contributed by atoms with Crippen molar-refractivity contribution < 1.29 is 12.8 Å². The van der Waals surface area contributed by atoms with E-state index < -0.39 is 15.5 Å². The van der Waals surface area contributed by atoms with Crippen LogP contribution >= 0.6 is 0 Å². The lowest BCUT2D eigenvalue weighted by molar-refractivity contribution is 0.518. The molecule has 4 aromatic carbocycles. The van der Waals surface area contributed by atoms with Gasteiger partial charge in [-0.1, -0.05) is 68.4 Å². The van der Waals surface area contributed by atoms with Gasteiger partial charge >= 0.3 is 5.63 Å². The van der Waals surface area contributed by atoms with Gasteiger partial charge < -0.3 is 4.42 Å². The highest BCUT2D eigenvalue weighted by molar-refractivity contribution is 7.91. The largest absolute Gasteiger partial charge is 0.403 e. The SMILES string of the molecule is CC(C)(c1ccccc1)c1ccc2nc(-c3ccc(S(=O)(=O)c4ccccc4)cc3)oc(=O)c2c1. The van der Waals surface area contributed by atoms with E-state index in [4.69, 9.17) is 4.42 Å². The first-order chi connectivity index (χ1) is 16.8. The molecule has 1 aromatic heterocycles. The molecule has 0 saturated heterocycles. The number of rotatable bonds is 5. The van der Waals surface area contributed by atoms with E-state index in [9.17, 15) is 13.2 Å². The van der Waals surface area contributed by atoms with Crippen LogP contribution < -0.4 is 5.63 Å². The standard InChI is InChI=1S/C29H23NO4S/c1-29(2,21-9-5-3-6-10-21)22-15-18-26-25(19-22)28(31)34-27(30-26)20-13-16-24(17-14-20)35(32,33)23-11-7-4-8-12-23/h3-19H,1-2H3. The van der Waals surface area contributed by atoms with Crippen LogP contribution in [0, 0.1) is 0 Å². The van der Waals surface area contributed by atoms with Crippen LogP contribution in [-0.2, 0) is 15.3 Å². The molecule has 0 atom stereocenters. The van der Waals surface area contributed by atoms with Crippen molar-refractivity contribution >= 4 is 20.7 Å². The van der Waals surface area contributed by atoms with Crippen molar-refractivity contribution in [3.05, 3.63) is 125 Å². The fourth-order valence-corrected chi connectivity index (χ4v) is 5.40. The molecule has 0 aliphatic carbocycles. The third-order valence-corrected chi connectivity index (χ3v) is 8.10. The summed E-state index contributed by atoms with van der Waals surface area (Å²) in [5.41, 5.74) is 2.36. The normalized spacial score (nSPS) is 12.1. The molecule has 0 N–H and O–H groups in total. The second kappa shape index (κ2) is 8.64. The lowest BCUT2D eigenvalue weighted by atomic mass is 9.78. The summed E-state index contributed by atoms with van der Waals surface area (Å²) < 4.78 is 31.2. The van der Waals surface area contributed by atoms with Gasteiger partial charge in [-0.3, -0.25) is 0 Å². The molecule has 5 aromatic rings. The highest BCUT2D eigenvalue weighted by Crippen LogP contribution is 2.33. The maximum atomic E-state index is 12.9. The molecule has 174 valence electrons. The molecule has 0 amide bonds. The highest BCUT2D eigenvalue weighted by Gasteiger charge is 2.24. The van der Waals surface area contributed by atoms with Gasteiger partial charge in [0, 0.05) is 11.0 Å². The maximum Gasteiger partial charge on any atom is 0.347 e. The zero-order chi connectivity index (χ0) is 24.6. The Morgan fingerprint density at radius 2 is 1.31 bits per heavy atom. The Hall–Kier alpha value is -4.03. The summed E-state index contributed by atoms with van der Waals surface area (Å²) in [5.74, 6) is 0.140. The summed E-state index contributed by atoms with van der Waals surface area (Å²) in [6.45, 7) is 4.22. The summed E-state index contributed by atoms with van der Waals surface area (Å²) in [4.78, 5) is 17.8. The Morgan fingerprint density at radius 1 is 0.714 bits per heavy atom. The average Bonchev–Trinajstić information content (AvgIpc) is 2.89. The lowest BCUT2D eigenvalue weighted by Crippen LogP contribution is -2.19. The van der Waals surface area contributed by atoms with Crippen molar-refractivity contribution in [2.24, 2.45) is 0 Å². The molecule has 0 fully saturated rings. The van der Waals surface area contributed by atoms with Crippen molar-refractivity contribution in [2.45, 2.75) is 29.1 Å². The van der Waals surface area contributed by atoms with Crippen LogP contribution in [0.3, 0.4) is 0 Å². The Labute approximate surface area is 203 Å². The molecule has 1 heterocycles. The van der Waals surface area contributed by atoms with Gasteiger partial charge in [0.05, 0.1) is 20.7 Å². The average molecular weight is 482 g/mol. The Kier molecular flexibility index (Phi) is 5.61. The van der Waals surface area contributed by atoms with E-state index >= 15 is 0 Å². The first-order valence-corrected chi connectivity index (χ1v) is 12.7. The summed E-state index contributed by atoms with van der Waals surface area (Å²) >= 11 is 0. The quantitative estimate of drug-likeness (QED) is 0.307. The van der Waals surface area contributed by atoms with Crippen LogP contribution in [0.2, 0.25) is 0 Å². The van der Waals surface area contributed by atoms with E-state index in [0.717, 1.165) is 11.1 Å². The number of aromatic nitrogens is 1. The van der Waals surface area contributed by atoms with Gasteiger partial charge in [0.25, 0.3) is 0 Å². The van der Waals surface area contributed by atoms with Gasteiger partial charge in [-0.05, 0) is 59.7 Å². The van der Waals surface area contributed by atoms with Crippen molar-refractivity contribution in [1.29, 1.82) is 0 Å². The van der Waals surface area contributed by atoms with E-state index in [1.54, 1.807) is 42.5 Å². The van der Waals surface area contributed by atoms with E-state index in [1.165, 1.54) is 12.1 Å². The van der Waals surface area contributed by atoms with Crippen LogP contribution in [0.1, 0.15) is 25.0 Å². The Balaban J connectivity index is 1.51. The number of benzene rings is 4. The van der Waals surface area contributed by atoms with Crippen LogP contribution in [0.4, 0.5) is 0 Å². The highest BCUT2D eigenvalue weighted by atomic mass is 32.2. The predicted octanol–water partition coefficient (Wildman–Crippen LogP) is 6.01. The van der Waals surface area contributed by atoms with E-state index in [-0.39, 0.29) is 21.1 Å². The van der Waals surface area contributed by atoms with Crippen LogP contribution in [0.5, 0.6) is 0 Å². The number of hydrogen-bond donors (Lipinski definition) is 0. The van der Waals surface area contributed by atoms with Gasteiger partial charge in [-0.25, -0.2) is 18.2 Å². The zero-order valence-electron chi connectivity index (χ0n) is 19.3. The zero-order valence-corrected chi connectivity index (χ0v) is 20.1. The third kappa shape index (κ3) is 4.17. The molecule has 5 nitrogen and oxygen atoms in total. The predicted molar refractivity (Wildman–Crippen MR) is 136 cm³/mol. The van der Waals surface area contributed by atoms with E-state index in [2.05, 4.69) is 31.0 Å². The molecule has 0 spiro atoms. The minimum atomic E-state index is -3.64. The van der Waals surface area contributed by atoms with E-state index in [1.807, 2.05) is 36.4 Å². The van der Waals surface area contributed by atoms with Crippen molar-refractivity contribution in [1.82, 2.24) is 4.98 Å². The number of hydrogen-bond acceptors (Lipinski definition) is 5. The molecular weight excluding hydrogens is 458 g/mol. The van der Waals surface area contributed by atoms with Gasteiger partial charge in [0.2, 0.25) is 15.7 Å². The number of fused-ring (bicyclic) bond motifs is 1. The fraction of sp³-hybridized carbons (Fsp3) is 0.103. The molecular formula is C29H23NO4S. The molecule has 5 rings (SSSR count). The first-order valence-electron chi connectivity index (χ1n) is 11.2. The summed E-state index contributed by atoms with van der Waals surface area (Å²) in [7, 11) is -3.64. The second-order valence-electron chi connectivity index (χ2n) is 8.87. The first kappa shape index (κ1) is 22.7. The topological polar surface area (TPSA) is 77.2 Å². The third-order valence-electron chi connectivity index (χ3n) is 6.31. The molecule has 6 heteroatoms. The van der Waals surface area contributed by atoms with Gasteiger partial charge in [0.1, 0.15) is 0 Å². The molecule has 0 aliphatic rings. The monoisotopic (exact) mass is 481 g/mol. The van der Waals surface area contributed by atoms with Crippen LogP contribution in [0.15, 0.2) is 122 Å². The molecule has 0 bridgehead atoms. The Morgan fingerprint density at radius 3 is 1.97 bits per heavy atom. The van der Waals surface area contributed by atoms with Crippen molar-refractivity contribution in [2.75, 3.05) is 0 Å². The molecule has 0 aliphatic heterocycles. The molecule has 0 saturated carbocycles. The van der Waals surface area contributed by atoms with Crippen LogP contribution in [-0.4, -0.2) is 13.4 Å². The molecule has 35 heavy (non-hydrogen) atoms. The van der Waals surface area contributed by atoms with Gasteiger partial charge in [0.15, 0.2) is 0 Å². The summed E-state index contributed by atoms with van der Waals surface area (Å²) in [5, 5.41) is 0.401. The minimum Gasteiger partial charge on any atom is -0.403 e. The van der Waals surface area contributed by atoms with Crippen molar-refractivity contribution in [3.63, 3.8) is 0 Å². The van der Waals surface area contributed by atoms with E-state index in [0.29, 0.717) is 16.5 Å². The molecule has 0 radical (unpaired) electrons.